The average molecular weight is 285 g/mol. The lowest BCUT2D eigenvalue weighted by molar-refractivity contribution is -0.120. The molecule has 5 heteroatoms. The van der Waals surface area contributed by atoms with E-state index >= 15 is 0 Å². The van der Waals surface area contributed by atoms with Crippen LogP contribution >= 0.6 is 11.6 Å². The van der Waals surface area contributed by atoms with Gasteiger partial charge in [0.15, 0.2) is 0 Å². The van der Waals surface area contributed by atoms with Crippen molar-refractivity contribution in [1.82, 2.24) is 0 Å². The van der Waals surface area contributed by atoms with E-state index in [1.807, 2.05) is 0 Å². The first-order valence-corrected chi connectivity index (χ1v) is 6.94. The maximum Gasteiger partial charge on any atom is 0.250 e. The summed E-state index contributed by atoms with van der Waals surface area (Å²) in [6.45, 7) is 2.80. The van der Waals surface area contributed by atoms with Crippen LogP contribution in [-0.4, -0.2) is 19.1 Å². The van der Waals surface area contributed by atoms with E-state index in [9.17, 15) is 4.79 Å². The predicted octanol–water partition coefficient (Wildman–Crippen LogP) is 3.46. The number of hydrogen-bond donors (Lipinski definition) is 2. The topological polar surface area (TPSA) is 64.3 Å². The number of hydrogen-bond acceptors (Lipinski definition) is 3. The van der Waals surface area contributed by atoms with Gasteiger partial charge in [0.25, 0.3) is 0 Å². The molecule has 0 saturated carbocycles. The van der Waals surface area contributed by atoms with Gasteiger partial charge in [0.2, 0.25) is 5.91 Å². The molecule has 0 aliphatic rings. The Bertz CT molecular complexity index is 410. The molecule has 0 spiro atoms. The highest BCUT2D eigenvalue weighted by Crippen LogP contribution is 2.23. The molecular formula is C14H21ClN2O2. The largest absolute Gasteiger partial charge is 0.399 e. The highest BCUT2D eigenvalue weighted by Gasteiger charge is 2.06. The second-order valence-corrected chi connectivity index (χ2v) is 4.81. The number of rotatable bonds is 8. The third kappa shape index (κ3) is 6.45. The van der Waals surface area contributed by atoms with Crippen molar-refractivity contribution in [2.75, 3.05) is 24.3 Å². The van der Waals surface area contributed by atoms with Crippen LogP contribution < -0.4 is 11.1 Å². The number of unbranched alkanes of at least 4 members (excludes halogenated alkanes) is 3. The van der Waals surface area contributed by atoms with E-state index in [4.69, 9.17) is 22.1 Å². The van der Waals surface area contributed by atoms with Crippen molar-refractivity contribution in [1.29, 1.82) is 0 Å². The zero-order valence-corrected chi connectivity index (χ0v) is 12.0. The predicted molar refractivity (Wildman–Crippen MR) is 79.5 cm³/mol. The van der Waals surface area contributed by atoms with Gasteiger partial charge in [0.05, 0.1) is 10.7 Å². The van der Waals surface area contributed by atoms with E-state index in [0.717, 1.165) is 12.8 Å². The molecule has 0 unspecified atom stereocenters. The van der Waals surface area contributed by atoms with Crippen molar-refractivity contribution in [2.24, 2.45) is 0 Å². The molecule has 0 aliphatic heterocycles. The summed E-state index contributed by atoms with van der Waals surface area (Å²) in [6, 6.07) is 4.96. The van der Waals surface area contributed by atoms with Crippen LogP contribution in [0.5, 0.6) is 0 Å². The SMILES string of the molecule is CCCCCCOCC(=O)Nc1cc(N)ccc1Cl. The smallest absolute Gasteiger partial charge is 0.250 e. The van der Waals surface area contributed by atoms with Crippen molar-refractivity contribution >= 4 is 28.9 Å². The first-order valence-electron chi connectivity index (χ1n) is 6.56. The molecule has 1 amide bonds. The summed E-state index contributed by atoms with van der Waals surface area (Å²) in [4.78, 5) is 11.6. The molecule has 0 atom stereocenters. The van der Waals surface area contributed by atoms with Crippen LogP contribution in [0.1, 0.15) is 32.6 Å². The van der Waals surface area contributed by atoms with Crippen LogP contribution in [0.15, 0.2) is 18.2 Å². The van der Waals surface area contributed by atoms with E-state index in [2.05, 4.69) is 12.2 Å². The zero-order valence-electron chi connectivity index (χ0n) is 11.2. The Labute approximate surface area is 119 Å². The summed E-state index contributed by atoms with van der Waals surface area (Å²) in [5, 5.41) is 3.14. The van der Waals surface area contributed by atoms with E-state index in [1.54, 1.807) is 18.2 Å². The molecule has 0 fully saturated rings. The molecule has 19 heavy (non-hydrogen) atoms. The van der Waals surface area contributed by atoms with Crippen LogP contribution in [0.2, 0.25) is 5.02 Å². The molecule has 1 aromatic rings. The maximum atomic E-state index is 11.6. The molecule has 0 saturated heterocycles. The standard InChI is InChI=1S/C14H21ClN2O2/c1-2-3-4-5-8-19-10-14(18)17-13-9-11(16)6-7-12(13)15/h6-7,9H,2-5,8,10,16H2,1H3,(H,17,18). The normalized spacial score (nSPS) is 10.4. The Morgan fingerprint density at radius 1 is 1.37 bits per heavy atom. The lowest BCUT2D eigenvalue weighted by atomic mass is 10.2. The third-order valence-corrected chi connectivity index (χ3v) is 2.97. The molecule has 4 nitrogen and oxygen atoms in total. The molecule has 1 rings (SSSR count). The fraction of sp³-hybridized carbons (Fsp3) is 0.500. The third-order valence-electron chi connectivity index (χ3n) is 2.64. The second-order valence-electron chi connectivity index (χ2n) is 4.40. The number of carbonyl (C=O) groups is 1. The molecule has 0 radical (unpaired) electrons. The molecule has 1 aromatic carbocycles. The molecule has 3 N–H and O–H groups in total. The highest BCUT2D eigenvalue weighted by atomic mass is 35.5. The van der Waals surface area contributed by atoms with Gasteiger partial charge in [0, 0.05) is 12.3 Å². The summed E-state index contributed by atoms with van der Waals surface area (Å²) >= 11 is 5.95. The average Bonchev–Trinajstić information content (AvgIpc) is 2.38. The maximum absolute atomic E-state index is 11.6. The summed E-state index contributed by atoms with van der Waals surface area (Å²) in [5.41, 5.74) is 6.70. The van der Waals surface area contributed by atoms with Gasteiger partial charge in [-0.25, -0.2) is 0 Å². The van der Waals surface area contributed by atoms with Gasteiger partial charge < -0.3 is 15.8 Å². The van der Waals surface area contributed by atoms with Crippen molar-refractivity contribution in [2.45, 2.75) is 32.6 Å². The minimum Gasteiger partial charge on any atom is -0.399 e. The Kier molecular flexibility index (Phi) is 7.30. The van der Waals surface area contributed by atoms with E-state index in [-0.39, 0.29) is 12.5 Å². The highest BCUT2D eigenvalue weighted by molar-refractivity contribution is 6.33. The van der Waals surface area contributed by atoms with Gasteiger partial charge in [-0.2, -0.15) is 0 Å². The van der Waals surface area contributed by atoms with Crippen LogP contribution in [0.25, 0.3) is 0 Å². The summed E-state index contributed by atoms with van der Waals surface area (Å²) in [6.07, 6.45) is 4.52. The summed E-state index contributed by atoms with van der Waals surface area (Å²) < 4.78 is 5.30. The minimum atomic E-state index is -0.219. The van der Waals surface area contributed by atoms with Crippen LogP contribution in [-0.2, 0) is 9.53 Å². The number of carbonyl (C=O) groups excluding carboxylic acids is 1. The monoisotopic (exact) mass is 284 g/mol. The van der Waals surface area contributed by atoms with Gasteiger partial charge in [-0.1, -0.05) is 37.8 Å². The molecular weight excluding hydrogens is 264 g/mol. The van der Waals surface area contributed by atoms with Crippen molar-refractivity contribution < 1.29 is 9.53 Å². The van der Waals surface area contributed by atoms with Crippen LogP contribution in [0, 0.1) is 0 Å². The fourth-order valence-corrected chi connectivity index (χ4v) is 1.79. The Balaban J connectivity index is 2.25. The first-order chi connectivity index (χ1) is 9.13. The summed E-state index contributed by atoms with van der Waals surface area (Å²) in [7, 11) is 0. The van der Waals surface area contributed by atoms with E-state index in [1.165, 1.54) is 12.8 Å². The number of anilines is 2. The van der Waals surface area contributed by atoms with Gasteiger partial charge >= 0.3 is 0 Å². The lowest BCUT2D eigenvalue weighted by Gasteiger charge is -2.08. The Morgan fingerprint density at radius 2 is 2.16 bits per heavy atom. The van der Waals surface area contributed by atoms with Crippen molar-refractivity contribution in [3.63, 3.8) is 0 Å². The zero-order chi connectivity index (χ0) is 14.1. The quantitative estimate of drug-likeness (QED) is 0.567. The van der Waals surface area contributed by atoms with Gasteiger partial charge in [-0.3, -0.25) is 4.79 Å². The number of nitrogens with two attached hydrogens (primary N) is 1. The van der Waals surface area contributed by atoms with Crippen molar-refractivity contribution in [3.05, 3.63) is 23.2 Å². The number of halogens is 1. The van der Waals surface area contributed by atoms with Gasteiger partial charge in [-0.05, 0) is 24.6 Å². The minimum absolute atomic E-state index is 0.0389. The van der Waals surface area contributed by atoms with Gasteiger partial charge in [0.1, 0.15) is 6.61 Å². The Morgan fingerprint density at radius 3 is 2.89 bits per heavy atom. The Hall–Kier alpha value is -1.26. The molecule has 0 heterocycles. The number of nitrogen functional groups attached to an aromatic ring is 1. The number of ether oxygens (including phenoxy) is 1. The lowest BCUT2D eigenvalue weighted by Crippen LogP contribution is -2.19. The molecule has 0 bridgehead atoms. The fourth-order valence-electron chi connectivity index (χ4n) is 1.62. The number of nitrogens with one attached hydrogen (secondary N) is 1. The molecule has 106 valence electrons. The van der Waals surface area contributed by atoms with Crippen LogP contribution in [0.3, 0.4) is 0 Å². The van der Waals surface area contributed by atoms with Crippen LogP contribution in [0.4, 0.5) is 11.4 Å². The number of amides is 1. The second kappa shape index (κ2) is 8.77. The van der Waals surface area contributed by atoms with E-state index in [0.29, 0.717) is 23.0 Å². The summed E-state index contributed by atoms with van der Waals surface area (Å²) in [5.74, 6) is -0.219. The molecule has 0 aliphatic carbocycles. The first kappa shape index (κ1) is 15.8. The number of benzene rings is 1. The molecule has 0 aromatic heterocycles. The van der Waals surface area contributed by atoms with Gasteiger partial charge in [-0.15, -0.1) is 0 Å². The van der Waals surface area contributed by atoms with Crippen molar-refractivity contribution in [3.8, 4) is 0 Å². The van der Waals surface area contributed by atoms with E-state index < -0.39 is 0 Å².